The summed E-state index contributed by atoms with van der Waals surface area (Å²) < 4.78 is 0. The van der Waals surface area contributed by atoms with Crippen LogP contribution in [0, 0.1) is 0 Å². The van der Waals surface area contributed by atoms with Gasteiger partial charge in [0.05, 0.1) is 10.0 Å². The highest BCUT2D eigenvalue weighted by Gasteiger charge is 2.20. The smallest absolute Gasteiger partial charge is 0.242 e. The summed E-state index contributed by atoms with van der Waals surface area (Å²) in [6.45, 7) is 2.57. The molecule has 1 N–H and O–H groups in total. The monoisotopic (exact) mass is 279 g/mol. The first-order chi connectivity index (χ1) is 7.57. The van der Waals surface area contributed by atoms with E-state index < -0.39 is 5.38 Å². The van der Waals surface area contributed by atoms with Crippen molar-refractivity contribution in [3.63, 3.8) is 0 Å². The number of carbonyl (C=O) groups is 1. The molecular weight excluding hydrogens is 268 g/mol. The third-order valence-electron chi connectivity index (χ3n) is 2.03. The van der Waals surface area contributed by atoms with Gasteiger partial charge in [-0.15, -0.1) is 11.6 Å². The van der Waals surface area contributed by atoms with Crippen LogP contribution in [0.3, 0.4) is 0 Å². The lowest BCUT2D eigenvalue weighted by molar-refractivity contribution is -0.120. The van der Waals surface area contributed by atoms with E-state index in [1.54, 1.807) is 18.2 Å². The van der Waals surface area contributed by atoms with Gasteiger partial charge in [0.15, 0.2) is 0 Å². The number of halogens is 3. The molecule has 1 rings (SSSR count). The van der Waals surface area contributed by atoms with E-state index in [4.69, 9.17) is 34.8 Å². The van der Waals surface area contributed by atoms with Crippen LogP contribution in [0.5, 0.6) is 0 Å². The first-order valence-electron chi connectivity index (χ1n) is 4.93. The molecule has 0 heterocycles. The highest BCUT2D eigenvalue weighted by molar-refractivity contribution is 6.43. The van der Waals surface area contributed by atoms with E-state index in [0.29, 0.717) is 22.2 Å². The lowest BCUT2D eigenvalue weighted by Crippen LogP contribution is -2.27. The van der Waals surface area contributed by atoms with Crippen LogP contribution in [-0.2, 0) is 4.79 Å². The van der Waals surface area contributed by atoms with Crippen LogP contribution in [0.2, 0.25) is 10.0 Å². The maximum atomic E-state index is 11.6. The second-order valence-electron chi connectivity index (χ2n) is 3.30. The van der Waals surface area contributed by atoms with E-state index in [1.807, 2.05) is 6.92 Å². The lowest BCUT2D eigenvalue weighted by Gasteiger charge is -2.12. The predicted molar refractivity (Wildman–Crippen MR) is 68.4 cm³/mol. The minimum absolute atomic E-state index is 0.257. The zero-order chi connectivity index (χ0) is 12.1. The molecule has 0 radical (unpaired) electrons. The first kappa shape index (κ1) is 13.6. The largest absolute Gasteiger partial charge is 0.355 e. The molecule has 16 heavy (non-hydrogen) atoms. The van der Waals surface area contributed by atoms with Crippen molar-refractivity contribution in [3.8, 4) is 0 Å². The Balaban J connectivity index is 2.83. The van der Waals surface area contributed by atoms with E-state index in [0.717, 1.165) is 6.42 Å². The maximum absolute atomic E-state index is 11.6. The fourth-order valence-corrected chi connectivity index (χ4v) is 1.93. The Kier molecular flexibility index (Phi) is 5.39. The number of alkyl halides is 1. The van der Waals surface area contributed by atoms with E-state index in [9.17, 15) is 4.79 Å². The van der Waals surface area contributed by atoms with Crippen LogP contribution >= 0.6 is 34.8 Å². The van der Waals surface area contributed by atoms with Gasteiger partial charge in [0.25, 0.3) is 0 Å². The Morgan fingerprint density at radius 2 is 2.12 bits per heavy atom. The Morgan fingerprint density at radius 3 is 2.75 bits per heavy atom. The molecule has 1 atom stereocenters. The minimum atomic E-state index is -0.808. The van der Waals surface area contributed by atoms with Gasteiger partial charge in [0.2, 0.25) is 5.91 Å². The molecule has 0 saturated carbocycles. The highest BCUT2D eigenvalue weighted by Crippen LogP contribution is 2.32. The SMILES string of the molecule is CCCNC(=O)C(Cl)c1cccc(Cl)c1Cl. The van der Waals surface area contributed by atoms with E-state index in [1.165, 1.54) is 0 Å². The normalized spacial score (nSPS) is 12.2. The summed E-state index contributed by atoms with van der Waals surface area (Å²) in [5, 5.41) is 2.62. The number of rotatable bonds is 4. The summed E-state index contributed by atoms with van der Waals surface area (Å²) in [6, 6.07) is 5.06. The van der Waals surface area contributed by atoms with Crippen molar-refractivity contribution in [1.29, 1.82) is 0 Å². The summed E-state index contributed by atoms with van der Waals surface area (Å²) in [7, 11) is 0. The van der Waals surface area contributed by atoms with Crippen molar-refractivity contribution in [1.82, 2.24) is 5.32 Å². The fourth-order valence-electron chi connectivity index (χ4n) is 1.20. The van der Waals surface area contributed by atoms with Crippen molar-refractivity contribution >= 4 is 40.7 Å². The third kappa shape index (κ3) is 3.27. The van der Waals surface area contributed by atoms with Gasteiger partial charge in [-0.1, -0.05) is 42.3 Å². The zero-order valence-corrected chi connectivity index (χ0v) is 11.0. The van der Waals surface area contributed by atoms with Crippen LogP contribution in [-0.4, -0.2) is 12.5 Å². The fraction of sp³-hybridized carbons (Fsp3) is 0.364. The second-order valence-corrected chi connectivity index (χ2v) is 4.52. The quantitative estimate of drug-likeness (QED) is 0.835. The number of carbonyl (C=O) groups excluding carboxylic acids is 1. The van der Waals surface area contributed by atoms with Crippen molar-refractivity contribution in [2.75, 3.05) is 6.54 Å². The van der Waals surface area contributed by atoms with Crippen molar-refractivity contribution in [2.45, 2.75) is 18.7 Å². The van der Waals surface area contributed by atoms with Crippen LogP contribution in [0.15, 0.2) is 18.2 Å². The number of amides is 1. The van der Waals surface area contributed by atoms with E-state index in [2.05, 4.69) is 5.32 Å². The molecule has 5 heteroatoms. The number of hydrogen-bond donors (Lipinski definition) is 1. The van der Waals surface area contributed by atoms with Crippen LogP contribution in [0.25, 0.3) is 0 Å². The van der Waals surface area contributed by atoms with Gasteiger partial charge in [0.1, 0.15) is 5.38 Å². The lowest BCUT2D eigenvalue weighted by atomic mass is 10.1. The van der Waals surface area contributed by atoms with Gasteiger partial charge in [0, 0.05) is 6.54 Å². The summed E-state index contributed by atoms with van der Waals surface area (Å²) in [5.41, 5.74) is 0.532. The Morgan fingerprint density at radius 1 is 1.44 bits per heavy atom. The molecule has 0 aliphatic heterocycles. The average molecular weight is 281 g/mol. The van der Waals surface area contributed by atoms with Gasteiger partial charge >= 0.3 is 0 Å². The second kappa shape index (κ2) is 6.33. The van der Waals surface area contributed by atoms with Gasteiger partial charge in [-0.2, -0.15) is 0 Å². The molecule has 0 aliphatic rings. The highest BCUT2D eigenvalue weighted by atomic mass is 35.5. The van der Waals surface area contributed by atoms with Crippen molar-refractivity contribution in [3.05, 3.63) is 33.8 Å². The van der Waals surface area contributed by atoms with Crippen molar-refractivity contribution < 1.29 is 4.79 Å². The summed E-state index contributed by atoms with van der Waals surface area (Å²) >= 11 is 17.8. The van der Waals surface area contributed by atoms with E-state index in [-0.39, 0.29) is 5.91 Å². The van der Waals surface area contributed by atoms with Gasteiger partial charge in [-0.05, 0) is 18.1 Å². The van der Waals surface area contributed by atoms with E-state index >= 15 is 0 Å². The number of benzene rings is 1. The maximum Gasteiger partial charge on any atom is 0.242 e. The molecule has 88 valence electrons. The molecule has 1 aromatic rings. The molecule has 0 saturated heterocycles. The van der Waals surface area contributed by atoms with Gasteiger partial charge < -0.3 is 5.32 Å². The molecule has 0 fully saturated rings. The molecule has 0 bridgehead atoms. The molecule has 1 aromatic carbocycles. The molecule has 2 nitrogen and oxygen atoms in total. The Hall–Kier alpha value is -0.440. The number of nitrogens with one attached hydrogen (secondary N) is 1. The summed E-state index contributed by atoms with van der Waals surface area (Å²) in [4.78, 5) is 11.6. The van der Waals surface area contributed by atoms with Crippen LogP contribution in [0.4, 0.5) is 0 Å². The predicted octanol–water partition coefficient (Wildman–Crippen LogP) is 3.80. The summed E-state index contributed by atoms with van der Waals surface area (Å²) in [5.74, 6) is -0.257. The van der Waals surface area contributed by atoms with Gasteiger partial charge in [-0.3, -0.25) is 4.79 Å². The Labute approximate surface area is 110 Å². The molecule has 0 aromatic heterocycles. The molecule has 1 unspecified atom stereocenters. The third-order valence-corrected chi connectivity index (χ3v) is 3.30. The van der Waals surface area contributed by atoms with Gasteiger partial charge in [-0.25, -0.2) is 0 Å². The molecule has 1 amide bonds. The molecular formula is C11H12Cl3NO. The first-order valence-corrected chi connectivity index (χ1v) is 6.12. The van der Waals surface area contributed by atoms with Crippen molar-refractivity contribution in [2.24, 2.45) is 0 Å². The van der Waals surface area contributed by atoms with Crippen LogP contribution < -0.4 is 5.32 Å². The zero-order valence-electron chi connectivity index (χ0n) is 8.77. The summed E-state index contributed by atoms with van der Waals surface area (Å²) in [6.07, 6.45) is 0.860. The standard InChI is InChI=1S/C11H12Cl3NO/c1-2-6-15-11(16)10(14)7-4-3-5-8(12)9(7)13/h3-5,10H,2,6H2,1H3,(H,15,16). The molecule has 0 aliphatic carbocycles. The number of hydrogen-bond acceptors (Lipinski definition) is 1. The minimum Gasteiger partial charge on any atom is -0.355 e. The molecule has 0 spiro atoms. The average Bonchev–Trinajstić information content (AvgIpc) is 2.28. The topological polar surface area (TPSA) is 29.1 Å². The van der Waals surface area contributed by atoms with Crippen LogP contribution in [0.1, 0.15) is 24.3 Å². The Bertz CT molecular complexity index is 381.